The molecule has 0 aliphatic carbocycles. The van der Waals surface area contributed by atoms with Gasteiger partial charge in [-0.25, -0.2) is 0 Å². The first kappa shape index (κ1) is 8.08. The van der Waals surface area contributed by atoms with E-state index in [0.29, 0.717) is 5.02 Å². The van der Waals surface area contributed by atoms with Gasteiger partial charge in [0.25, 0.3) is 0 Å². The van der Waals surface area contributed by atoms with Crippen LogP contribution in [0, 0.1) is 6.92 Å². The van der Waals surface area contributed by atoms with Crippen molar-refractivity contribution in [2.24, 2.45) is 5.16 Å². The third-order valence-electron chi connectivity index (χ3n) is 1.40. The van der Waals surface area contributed by atoms with Crippen LogP contribution in [0.3, 0.4) is 0 Å². The van der Waals surface area contributed by atoms with Gasteiger partial charge < -0.3 is 5.21 Å². The molecule has 0 fully saturated rings. The maximum absolute atomic E-state index is 8.21. The summed E-state index contributed by atoms with van der Waals surface area (Å²) in [5.41, 5.74) is 1.81. The van der Waals surface area contributed by atoms with E-state index in [1.165, 1.54) is 6.21 Å². The maximum Gasteiger partial charge on any atom is 0.0734 e. The summed E-state index contributed by atoms with van der Waals surface area (Å²) in [6.07, 6.45) is 1.34. The van der Waals surface area contributed by atoms with Gasteiger partial charge in [0.2, 0.25) is 0 Å². The summed E-state index contributed by atoms with van der Waals surface area (Å²) >= 11 is 5.81. The third kappa shape index (κ3) is 1.95. The Morgan fingerprint density at radius 1 is 1.55 bits per heavy atom. The number of hydrogen-bond donors (Lipinski definition) is 1. The fourth-order valence-corrected chi connectivity index (χ4v) is 0.945. The van der Waals surface area contributed by atoms with Gasteiger partial charge in [-0.2, -0.15) is 0 Å². The number of hydrogen-bond acceptors (Lipinski definition) is 2. The number of benzene rings is 1. The summed E-state index contributed by atoms with van der Waals surface area (Å²) in [5.74, 6) is 0. The van der Waals surface area contributed by atoms with E-state index in [2.05, 4.69) is 5.16 Å². The third-order valence-corrected chi connectivity index (χ3v) is 1.81. The van der Waals surface area contributed by atoms with Crippen LogP contribution in [0.1, 0.15) is 11.1 Å². The zero-order valence-electron chi connectivity index (χ0n) is 6.08. The van der Waals surface area contributed by atoms with E-state index >= 15 is 0 Å². The standard InChI is InChI=1S/C8H8ClNO/c1-6-2-3-7(5-10-11)4-8(6)9/h2-5,11H,1H3/b10-5-. The van der Waals surface area contributed by atoms with E-state index in [0.717, 1.165) is 11.1 Å². The molecule has 1 N–H and O–H groups in total. The topological polar surface area (TPSA) is 32.6 Å². The molecular weight excluding hydrogens is 162 g/mol. The molecule has 0 radical (unpaired) electrons. The largest absolute Gasteiger partial charge is 0.411 e. The molecule has 1 aromatic carbocycles. The first-order valence-electron chi connectivity index (χ1n) is 3.17. The highest BCUT2D eigenvalue weighted by Gasteiger charge is 1.94. The maximum atomic E-state index is 8.21. The average Bonchev–Trinajstić information content (AvgIpc) is 1.98. The average molecular weight is 170 g/mol. The molecule has 0 aliphatic rings. The van der Waals surface area contributed by atoms with Gasteiger partial charge >= 0.3 is 0 Å². The molecule has 0 heterocycles. The van der Waals surface area contributed by atoms with Crippen LogP contribution in [0.5, 0.6) is 0 Å². The first-order valence-corrected chi connectivity index (χ1v) is 3.55. The van der Waals surface area contributed by atoms with Gasteiger partial charge in [-0.1, -0.05) is 28.9 Å². The van der Waals surface area contributed by atoms with Crippen LogP contribution >= 0.6 is 11.6 Å². The minimum atomic E-state index is 0.683. The highest BCUT2D eigenvalue weighted by molar-refractivity contribution is 6.31. The number of oxime groups is 1. The molecule has 58 valence electrons. The summed E-state index contributed by atoms with van der Waals surface area (Å²) in [4.78, 5) is 0. The Kier molecular flexibility index (Phi) is 2.49. The molecule has 0 bridgehead atoms. The molecule has 2 nitrogen and oxygen atoms in total. The van der Waals surface area contributed by atoms with Gasteiger partial charge in [0.15, 0.2) is 0 Å². The van der Waals surface area contributed by atoms with E-state index in [9.17, 15) is 0 Å². The summed E-state index contributed by atoms with van der Waals surface area (Å²) in [6.45, 7) is 1.92. The van der Waals surface area contributed by atoms with Crippen molar-refractivity contribution in [3.63, 3.8) is 0 Å². The SMILES string of the molecule is Cc1ccc(/C=N\O)cc1Cl. The second-order valence-corrected chi connectivity index (χ2v) is 2.66. The fourth-order valence-electron chi connectivity index (χ4n) is 0.756. The van der Waals surface area contributed by atoms with E-state index in [1.54, 1.807) is 6.07 Å². The van der Waals surface area contributed by atoms with E-state index in [1.807, 2.05) is 19.1 Å². The Morgan fingerprint density at radius 2 is 2.27 bits per heavy atom. The number of nitrogens with zero attached hydrogens (tertiary/aromatic N) is 1. The smallest absolute Gasteiger partial charge is 0.0734 e. The molecular formula is C8H8ClNO. The normalized spacial score (nSPS) is 10.7. The molecule has 0 atom stereocenters. The predicted molar refractivity (Wildman–Crippen MR) is 45.6 cm³/mol. The zero-order chi connectivity index (χ0) is 8.27. The van der Waals surface area contributed by atoms with Gasteiger partial charge in [-0.3, -0.25) is 0 Å². The summed E-state index contributed by atoms with van der Waals surface area (Å²) < 4.78 is 0. The van der Waals surface area contributed by atoms with Crippen molar-refractivity contribution in [1.82, 2.24) is 0 Å². The van der Waals surface area contributed by atoms with Crippen LogP contribution in [0.25, 0.3) is 0 Å². The van der Waals surface area contributed by atoms with Gasteiger partial charge in [-0.05, 0) is 24.1 Å². The lowest BCUT2D eigenvalue weighted by molar-refractivity contribution is 0.322. The number of aryl methyl sites for hydroxylation is 1. The Balaban J connectivity index is 3.05. The van der Waals surface area contributed by atoms with Crippen LogP contribution in [-0.4, -0.2) is 11.4 Å². The van der Waals surface area contributed by atoms with Crippen LogP contribution in [0.2, 0.25) is 5.02 Å². The monoisotopic (exact) mass is 169 g/mol. The van der Waals surface area contributed by atoms with E-state index in [-0.39, 0.29) is 0 Å². The van der Waals surface area contributed by atoms with Crippen molar-refractivity contribution in [2.45, 2.75) is 6.92 Å². The van der Waals surface area contributed by atoms with Crippen molar-refractivity contribution in [1.29, 1.82) is 0 Å². The predicted octanol–water partition coefficient (Wildman–Crippen LogP) is 2.46. The Morgan fingerprint density at radius 3 is 2.82 bits per heavy atom. The Bertz CT molecular complexity index is 283. The van der Waals surface area contributed by atoms with Gasteiger partial charge in [0, 0.05) is 5.02 Å². The molecule has 3 heteroatoms. The van der Waals surface area contributed by atoms with Crippen LogP contribution in [0.15, 0.2) is 23.4 Å². The lowest BCUT2D eigenvalue weighted by Gasteiger charge is -1.96. The quantitative estimate of drug-likeness (QED) is 0.391. The van der Waals surface area contributed by atoms with Crippen molar-refractivity contribution in [3.8, 4) is 0 Å². The molecule has 1 rings (SSSR count). The fraction of sp³-hybridized carbons (Fsp3) is 0.125. The summed E-state index contributed by atoms with van der Waals surface area (Å²) in [5, 5.41) is 11.8. The zero-order valence-corrected chi connectivity index (χ0v) is 6.84. The molecule has 0 unspecified atom stereocenters. The lowest BCUT2D eigenvalue weighted by atomic mass is 10.2. The van der Waals surface area contributed by atoms with E-state index in [4.69, 9.17) is 16.8 Å². The summed E-state index contributed by atoms with van der Waals surface area (Å²) in [7, 11) is 0. The van der Waals surface area contributed by atoms with Crippen molar-refractivity contribution in [2.75, 3.05) is 0 Å². The molecule has 1 aromatic rings. The summed E-state index contributed by atoms with van der Waals surface area (Å²) in [6, 6.07) is 5.46. The molecule has 0 saturated carbocycles. The van der Waals surface area contributed by atoms with Crippen molar-refractivity contribution >= 4 is 17.8 Å². The van der Waals surface area contributed by atoms with Crippen molar-refractivity contribution in [3.05, 3.63) is 34.3 Å². The molecule has 11 heavy (non-hydrogen) atoms. The minimum absolute atomic E-state index is 0.683. The van der Waals surface area contributed by atoms with Crippen molar-refractivity contribution < 1.29 is 5.21 Å². The van der Waals surface area contributed by atoms with Gasteiger partial charge in [0.05, 0.1) is 6.21 Å². The molecule has 0 spiro atoms. The lowest BCUT2D eigenvalue weighted by Crippen LogP contribution is -1.82. The highest BCUT2D eigenvalue weighted by atomic mass is 35.5. The minimum Gasteiger partial charge on any atom is -0.411 e. The van der Waals surface area contributed by atoms with Crippen LogP contribution in [0.4, 0.5) is 0 Å². The van der Waals surface area contributed by atoms with Crippen LogP contribution < -0.4 is 0 Å². The molecule has 0 amide bonds. The Hall–Kier alpha value is -1.02. The van der Waals surface area contributed by atoms with Crippen LogP contribution in [-0.2, 0) is 0 Å². The molecule has 0 aliphatic heterocycles. The number of rotatable bonds is 1. The van der Waals surface area contributed by atoms with E-state index < -0.39 is 0 Å². The molecule has 0 saturated heterocycles. The second kappa shape index (κ2) is 3.39. The van der Waals surface area contributed by atoms with Gasteiger partial charge in [-0.15, -0.1) is 0 Å². The van der Waals surface area contributed by atoms with Gasteiger partial charge in [0.1, 0.15) is 0 Å². The molecule has 0 aromatic heterocycles. The first-order chi connectivity index (χ1) is 5.24. The Labute approximate surface area is 70.1 Å². The number of halogens is 1. The highest BCUT2D eigenvalue weighted by Crippen LogP contribution is 2.15. The second-order valence-electron chi connectivity index (χ2n) is 2.25.